The number of hydrogen-bond acceptors (Lipinski definition) is 4. The molecule has 1 unspecified atom stereocenters. The smallest absolute Gasteiger partial charge is 0.220 e. The summed E-state index contributed by atoms with van der Waals surface area (Å²) in [4.78, 5) is 18.8. The summed E-state index contributed by atoms with van der Waals surface area (Å²) in [5.74, 6) is 1.30. The monoisotopic (exact) mass is 325 g/mol. The minimum atomic E-state index is 0.0796. The fraction of sp³-hybridized carbons (Fsp3) is 0.368. The van der Waals surface area contributed by atoms with Gasteiger partial charge in [-0.25, -0.2) is 4.98 Å². The van der Waals surface area contributed by atoms with Crippen LogP contribution in [-0.4, -0.2) is 35.1 Å². The van der Waals surface area contributed by atoms with Gasteiger partial charge in [0.15, 0.2) is 0 Å². The van der Waals surface area contributed by atoms with E-state index in [4.69, 9.17) is 0 Å². The summed E-state index contributed by atoms with van der Waals surface area (Å²) in [6.07, 6.45) is 5.01. The number of phenolic OH excluding ortho intramolecular Hbond substituents is 1. The summed E-state index contributed by atoms with van der Waals surface area (Å²) < 4.78 is 0. The minimum absolute atomic E-state index is 0.0796. The molecule has 0 aliphatic carbocycles. The molecule has 1 atom stereocenters. The number of carbonyl (C=O) groups is 1. The first-order valence-electron chi connectivity index (χ1n) is 8.44. The van der Waals surface area contributed by atoms with Crippen LogP contribution in [0.1, 0.15) is 24.8 Å². The Bertz CT molecular complexity index is 658. The van der Waals surface area contributed by atoms with Crippen LogP contribution in [0.25, 0.3) is 0 Å². The largest absolute Gasteiger partial charge is 0.508 e. The second kappa shape index (κ2) is 7.81. The molecule has 1 aromatic carbocycles. The van der Waals surface area contributed by atoms with E-state index < -0.39 is 0 Å². The molecule has 3 rings (SSSR count). The van der Waals surface area contributed by atoms with Gasteiger partial charge in [0, 0.05) is 31.7 Å². The van der Waals surface area contributed by atoms with Crippen LogP contribution in [0.2, 0.25) is 0 Å². The van der Waals surface area contributed by atoms with Gasteiger partial charge >= 0.3 is 0 Å². The van der Waals surface area contributed by atoms with Crippen molar-refractivity contribution in [1.29, 1.82) is 0 Å². The Morgan fingerprint density at radius 3 is 2.83 bits per heavy atom. The number of amides is 1. The van der Waals surface area contributed by atoms with Gasteiger partial charge in [0.25, 0.3) is 0 Å². The highest BCUT2D eigenvalue weighted by Gasteiger charge is 2.22. The number of nitrogens with one attached hydrogen (secondary N) is 1. The maximum atomic E-state index is 12.2. The Hall–Kier alpha value is -2.56. The number of phenols is 1. The zero-order valence-corrected chi connectivity index (χ0v) is 13.7. The molecule has 1 aliphatic rings. The van der Waals surface area contributed by atoms with E-state index in [0.29, 0.717) is 12.8 Å². The molecule has 0 radical (unpaired) electrons. The van der Waals surface area contributed by atoms with Crippen molar-refractivity contribution in [3.63, 3.8) is 0 Å². The van der Waals surface area contributed by atoms with Crippen LogP contribution in [0.3, 0.4) is 0 Å². The predicted octanol–water partition coefficient (Wildman–Crippen LogP) is 2.51. The predicted molar refractivity (Wildman–Crippen MR) is 94.0 cm³/mol. The van der Waals surface area contributed by atoms with Crippen molar-refractivity contribution in [2.45, 2.75) is 31.7 Å². The average Bonchev–Trinajstić information content (AvgIpc) is 2.62. The molecule has 126 valence electrons. The number of carbonyl (C=O) groups excluding carboxylic acids is 1. The lowest BCUT2D eigenvalue weighted by Gasteiger charge is -2.34. The maximum absolute atomic E-state index is 12.2. The molecular formula is C19H23N3O2. The third-order valence-electron chi connectivity index (χ3n) is 4.34. The number of piperidine rings is 1. The van der Waals surface area contributed by atoms with Crippen LogP contribution in [0, 0.1) is 0 Å². The highest BCUT2D eigenvalue weighted by molar-refractivity contribution is 5.76. The molecule has 2 N–H and O–H groups in total. The third-order valence-corrected chi connectivity index (χ3v) is 4.34. The van der Waals surface area contributed by atoms with E-state index in [9.17, 15) is 9.90 Å². The zero-order valence-electron chi connectivity index (χ0n) is 13.7. The molecule has 1 aromatic heterocycles. The SMILES string of the molecule is O=C(CCc1ccc(O)cc1)NC1CCCN(c2ccccn2)C1. The van der Waals surface area contributed by atoms with Crippen LogP contribution in [0.5, 0.6) is 5.75 Å². The van der Waals surface area contributed by atoms with Gasteiger partial charge in [-0.1, -0.05) is 18.2 Å². The first-order chi connectivity index (χ1) is 11.7. The average molecular weight is 325 g/mol. The molecule has 24 heavy (non-hydrogen) atoms. The molecule has 1 saturated heterocycles. The van der Waals surface area contributed by atoms with Crippen LogP contribution in [-0.2, 0) is 11.2 Å². The molecule has 0 saturated carbocycles. The molecule has 1 aliphatic heterocycles. The lowest BCUT2D eigenvalue weighted by Crippen LogP contribution is -2.48. The highest BCUT2D eigenvalue weighted by Crippen LogP contribution is 2.17. The van der Waals surface area contributed by atoms with E-state index in [-0.39, 0.29) is 17.7 Å². The Morgan fingerprint density at radius 2 is 2.08 bits per heavy atom. The van der Waals surface area contributed by atoms with Crippen molar-refractivity contribution in [1.82, 2.24) is 10.3 Å². The Labute approximate surface area is 142 Å². The van der Waals surface area contributed by atoms with Gasteiger partial charge in [0.2, 0.25) is 5.91 Å². The number of aromatic hydroxyl groups is 1. The molecule has 2 aromatic rings. The van der Waals surface area contributed by atoms with Crippen molar-refractivity contribution in [2.75, 3.05) is 18.0 Å². The zero-order chi connectivity index (χ0) is 16.8. The Balaban J connectivity index is 1.48. The third kappa shape index (κ3) is 4.47. The number of nitrogens with zero attached hydrogens (tertiary/aromatic N) is 2. The summed E-state index contributed by atoms with van der Waals surface area (Å²) in [6, 6.07) is 13.1. The standard InChI is InChI=1S/C19H23N3O2/c23-17-9-6-15(7-10-17)8-11-19(24)21-16-4-3-13-22(14-16)18-5-1-2-12-20-18/h1-2,5-7,9-10,12,16,23H,3-4,8,11,13-14H2,(H,21,24). The summed E-state index contributed by atoms with van der Waals surface area (Å²) in [5.41, 5.74) is 1.06. The van der Waals surface area contributed by atoms with Crippen molar-refractivity contribution < 1.29 is 9.90 Å². The number of hydrogen-bond donors (Lipinski definition) is 2. The normalized spacial score (nSPS) is 17.5. The summed E-state index contributed by atoms with van der Waals surface area (Å²) in [6.45, 7) is 1.79. The maximum Gasteiger partial charge on any atom is 0.220 e. The van der Waals surface area contributed by atoms with Gasteiger partial charge in [-0.2, -0.15) is 0 Å². The van der Waals surface area contributed by atoms with Crippen molar-refractivity contribution in [3.05, 3.63) is 54.2 Å². The number of benzene rings is 1. The first kappa shape index (κ1) is 16.3. The van der Waals surface area contributed by atoms with Crippen LogP contribution in [0.15, 0.2) is 48.7 Å². The summed E-state index contributed by atoms with van der Waals surface area (Å²) >= 11 is 0. The number of aryl methyl sites for hydroxylation is 1. The minimum Gasteiger partial charge on any atom is -0.508 e. The number of rotatable bonds is 5. The lowest BCUT2D eigenvalue weighted by molar-refractivity contribution is -0.121. The van der Waals surface area contributed by atoms with E-state index in [0.717, 1.165) is 37.3 Å². The van der Waals surface area contributed by atoms with Crippen LogP contribution < -0.4 is 10.2 Å². The summed E-state index contributed by atoms with van der Waals surface area (Å²) in [5, 5.41) is 12.4. The molecule has 0 bridgehead atoms. The second-order valence-electron chi connectivity index (χ2n) is 6.21. The number of anilines is 1. The Morgan fingerprint density at radius 1 is 1.25 bits per heavy atom. The van der Waals surface area contributed by atoms with Gasteiger partial charge in [-0.3, -0.25) is 4.79 Å². The molecule has 1 fully saturated rings. The molecular weight excluding hydrogens is 302 g/mol. The van der Waals surface area contributed by atoms with E-state index >= 15 is 0 Å². The van der Waals surface area contributed by atoms with Gasteiger partial charge in [0.05, 0.1) is 0 Å². The molecule has 5 nitrogen and oxygen atoms in total. The van der Waals surface area contributed by atoms with E-state index in [1.807, 2.05) is 30.3 Å². The quantitative estimate of drug-likeness (QED) is 0.886. The van der Waals surface area contributed by atoms with Crippen molar-refractivity contribution in [3.8, 4) is 5.75 Å². The lowest BCUT2D eigenvalue weighted by atomic mass is 10.0. The topological polar surface area (TPSA) is 65.5 Å². The van der Waals surface area contributed by atoms with Gasteiger partial charge in [-0.15, -0.1) is 0 Å². The van der Waals surface area contributed by atoms with E-state index in [2.05, 4.69) is 15.2 Å². The van der Waals surface area contributed by atoms with Crippen LogP contribution in [0.4, 0.5) is 5.82 Å². The molecule has 1 amide bonds. The molecule has 0 spiro atoms. The number of aromatic nitrogens is 1. The van der Waals surface area contributed by atoms with Crippen molar-refractivity contribution >= 4 is 11.7 Å². The van der Waals surface area contributed by atoms with Gasteiger partial charge in [-0.05, 0) is 49.1 Å². The summed E-state index contributed by atoms with van der Waals surface area (Å²) in [7, 11) is 0. The van der Waals surface area contributed by atoms with Gasteiger partial charge in [0.1, 0.15) is 11.6 Å². The number of pyridine rings is 1. The molecule has 5 heteroatoms. The van der Waals surface area contributed by atoms with Crippen molar-refractivity contribution in [2.24, 2.45) is 0 Å². The first-order valence-corrected chi connectivity index (χ1v) is 8.44. The van der Waals surface area contributed by atoms with E-state index in [1.165, 1.54) is 0 Å². The Kier molecular flexibility index (Phi) is 5.31. The fourth-order valence-corrected chi connectivity index (χ4v) is 3.06. The van der Waals surface area contributed by atoms with E-state index in [1.54, 1.807) is 18.3 Å². The highest BCUT2D eigenvalue weighted by atomic mass is 16.3. The molecule has 2 heterocycles. The second-order valence-corrected chi connectivity index (χ2v) is 6.21. The van der Waals surface area contributed by atoms with Gasteiger partial charge < -0.3 is 15.3 Å². The fourth-order valence-electron chi connectivity index (χ4n) is 3.06. The van der Waals surface area contributed by atoms with Crippen LogP contribution >= 0.6 is 0 Å².